The number of nitrogens with one attached hydrogen (secondary N) is 1. The first kappa shape index (κ1) is 27.9. The van der Waals surface area contributed by atoms with Crippen molar-refractivity contribution >= 4 is 39.3 Å². The van der Waals surface area contributed by atoms with Crippen LogP contribution in [0, 0.1) is 0 Å². The zero-order chi connectivity index (χ0) is 27.2. The van der Waals surface area contributed by atoms with E-state index in [2.05, 4.69) is 15.3 Å². The van der Waals surface area contributed by atoms with Gasteiger partial charge in [-0.05, 0) is 37.6 Å². The summed E-state index contributed by atoms with van der Waals surface area (Å²) in [7, 11) is -10.1. The Morgan fingerprint density at radius 1 is 1.14 bits per heavy atom. The lowest BCUT2D eigenvalue weighted by Gasteiger charge is -2.42. The monoisotopic (exact) mass is 566 g/mol. The van der Waals surface area contributed by atoms with Gasteiger partial charge in [-0.2, -0.15) is 0 Å². The standard InChI is InChI=1S/C20H19ClF8N4O2S/c1-19(12-9-30-11-31-10-12,18(35)32-13-6-7-20(23,24)8-13)33(17(34)16(21)22)14-2-4-15(5-3-14)36(25,26,27,28)29/h2-5,9-11,13,16H,6-8H2,1H3,(H,32,35)/t13-,16-,19-/m0/s1. The maximum atomic E-state index is 14.1. The Kier molecular flexibility index (Phi) is 6.53. The summed E-state index contributed by atoms with van der Waals surface area (Å²) in [5.74, 6) is -5.85. The Balaban J connectivity index is 2.15. The second-order valence-electron chi connectivity index (χ2n) is 8.41. The maximum Gasteiger partial charge on any atom is 0.310 e. The van der Waals surface area contributed by atoms with E-state index < -0.39 is 68.6 Å². The molecule has 0 spiro atoms. The highest BCUT2D eigenvalue weighted by Crippen LogP contribution is 3.02. The number of nitrogens with zero attached hydrogens (tertiary/aromatic N) is 3. The van der Waals surface area contributed by atoms with E-state index >= 15 is 0 Å². The number of aromatic nitrogens is 2. The van der Waals surface area contributed by atoms with Crippen molar-refractivity contribution in [1.29, 1.82) is 0 Å². The third-order valence-electron chi connectivity index (χ3n) is 5.70. The van der Waals surface area contributed by atoms with E-state index in [1.54, 1.807) is 0 Å². The molecule has 36 heavy (non-hydrogen) atoms. The maximum absolute atomic E-state index is 14.1. The molecular weight excluding hydrogens is 548 g/mol. The van der Waals surface area contributed by atoms with Gasteiger partial charge in [0.2, 0.25) is 5.92 Å². The lowest BCUT2D eigenvalue weighted by Crippen LogP contribution is -2.59. The normalized spacial score (nSPS) is 22.0. The molecule has 1 heterocycles. The molecule has 3 atom stereocenters. The predicted octanol–water partition coefficient (Wildman–Crippen LogP) is 6.22. The molecule has 0 aliphatic heterocycles. The summed E-state index contributed by atoms with van der Waals surface area (Å²) in [5, 5.41) is 2.34. The van der Waals surface area contributed by atoms with E-state index in [1.165, 1.54) is 0 Å². The van der Waals surface area contributed by atoms with Crippen LogP contribution in [0.3, 0.4) is 0 Å². The Morgan fingerprint density at radius 3 is 2.14 bits per heavy atom. The number of carbonyl (C=O) groups is 2. The minimum atomic E-state index is -10.1. The van der Waals surface area contributed by atoms with Gasteiger partial charge in [-0.25, -0.2) is 23.1 Å². The van der Waals surface area contributed by atoms with Crippen LogP contribution in [0.1, 0.15) is 31.7 Å². The van der Waals surface area contributed by atoms with Crippen molar-refractivity contribution in [3.8, 4) is 0 Å². The molecule has 1 aliphatic rings. The van der Waals surface area contributed by atoms with Gasteiger partial charge in [0, 0.05) is 42.5 Å². The largest absolute Gasteiger partial charge is 0.351 e. The molecule has 0 radical (unpaired) electrons. The summed E-state index contributed by atoms with van der Waals surface area (Å²) in [5.41, 5.74) is -6.00. The number of halogens is 9. The third-order valence-corrected chi connectivity index (χ3v) is 7.05. The fourth-order valence-electron chi connectivity index (χ4n) is 3.87. The highest BCUT2D eigenvalue weighted by Gasteiger charge is 2.65. The number of amides is 2. The van der Waals surface area contributed by atoms with Crippen molar-refractivity contribution in [3.63, 3.8) is 0 Å². The van der Waals surface area contributed by atoms with Gasteiger partial charge >= 0.3 is 10.2 Å². The first-order valence-corrected chi connectivity index (χ1v) is 12.5. The van der Waals surface area contributed by atoms with Gasteiger partial charge in [0.1, 0.15) is 11.2 Å². The molecule has 0 unspecified atom stereocenters. The van der Waals surface area contributed by atoms with E-state index in [9.17, 15) is 42.2 Å². The van der Waals surface area contributed by atoms with Gasteiger partial charge in [0.25, 0.3) is 17.4 Å². The van der Waals surface area contributed by atoms with E-state index in [1.807, 2.05) is 0 Å². The van der Waals surface area contributed by atoms with Crippen LogP contribution in [0.15, 0.2) is 47.9 Å². The summed E-state index contributed by atoms with van der Waals surface area (Å²) >= 11 is 5.31. The number of hydrogen-bond acceptors (Lipinski definition) is 4. The van der Waals surface area contributed by atoms with Gasteiger partial charge in [0.05, 0.1) is 0 Å². The number of alkyl halides is 4. The van der Waals surface area contributed by atoms with Crippen molar-refractivity contribution in [1.82, 2.24) is 15.3 Å². The lowest BCUT2D eigenvalue weighted by molar-refractivity contribution is -0.131. The SMILES string of the molecule is C[C@@](C(=O)N[C@H]1CCC(F)(F)C1)(c1cncnc1)N(C(=O)[C@H](F)Cl)c1ccc(S(F)(F)(F)(F)F)cc1. The highest BCUT2D eigenvalue weighted by molar-refractivity contribution is 8.45. The first-order chi connectivity index (χ1) is 16.2. The molecule has 1 aliphatic carbocycles. The Labute approximate surface area is 204 Å². The van der Waals surface area contributed by atoms with E-state index in [0.717, 1.165) is 25.6 Å². The average Bonchev–Trinajstić information content (AvgIpc) is 3.11. The van der Waals surface area contributed by atoms with Crippen LogP contribution in [0.2, 0.25) is 0 Å². The molecule has 200 valence electrons. The topological polar surface area (TPSA) is 75.2 Å². The van der Waals surface area contributed by atoms with Crippen molar-refractivity contribution in [3.05, 3.63) is 48.5 Å². The van der Waals surface area contributed by atoms with Crippen LogP contribution < -0.4 is 10.2 Å². The molecule has 1 fully saturated rings. The molecule has 0 bridgehead atoms. The van der Waals surface area contributed by atoms with Gasteiger partial charge in [0.15, 0.2) is 5.54 Å². The van der Waals surface area contributed by atoms with Gasteiger partial charge in [-0.15, -0.1) is 0 Å². The van der Waals surface area contributed by atoms with Gasteiger partial charge in [-0.3, -0.25) is 14.5 Å². The third kappa shape index (κ3) is 5.82. The molecule has 16 heteroatoms. The summed E-state index contributed by atoms with van der Waals surface area (Å²) in [4.78, 5) is 31.7. The number of benzene rings is 1. The molecule has 0 saturated heterocycles. The molecule has 1 saturated carbocycles. The molecule has 2 aromatic rings. The molecule has 1 aromatic carbocycles. The van der Waals surface area contributed by atoms with E-state index in [4.69, 9.17) is 11.6 Å². The number of hydrogen-bond donors (Lipinski definition) is 1. The zero-order valence-corrected chi connectivity index (χ0v) is 19.9. The fraction of sp³-hybridized carbons (Fsp3) is 0.400. The summed E-state index contributed by atoms with van der Waals surface area (Å²) in [6.45, 7) is 1.03. The summed E-state index contributed by atoms with van der Waals surface area (Å²) in [6.07, 6.45) is 1.70. The quantitative estimate of drug-likeness (QED) is 0.319. The number of anilines is 1. The number of carbonyl (C=O) groups excluding carboxylic acids is 2. The van der Waals surface area contributed by atoms with E-state index in [0.29, 0.717) is 17.0 Å². The van der Waals surface area contributed by atoms with Crippen LogP contribution in [-0.4, -0.2) is 39.4 Å². The summed E-state index contributed by atoms with van der Waals surface area (Å²) < 4.78 is 107. The van der Waals surface area contributed by atoms with E-state index in [-0.39, 0.29) is 24.1 Å². The highest BCUT2D eigenvalue weighted by atomic mass is 35.5. The lowest BCUT2D eigenvalue weighted by atomic mass is 9.89. The molecule has 1 N–H and O–H groups in total. The van der Waals surface area contributed by atoms with Gasteiger partial charge < -0.3 is 5.32 Å². The van der Waals surface area contributed by atoms with Crippen LogP contribution in [0.25, 0.3) is 0 Å². The van der Waals surface area contributed by atoms with Crippen LogP contribution in [0.4, 0.5) is 38.3 Å². The zero-order valence-electron chi connectivity index (χ0n) is 18.3. The van der Waals surface area contributed by atoms with Crippen molar-refractivity contribution in [2.45, 2.75) is 54.2 Å². The fourth-order valence-corrected chi connectivity index (χ4v) is 4.62. The Morgan fingerprint density at radius 2 is 1.69 bits per heavy atom. The van der Waals surface area contributed by atoms with Crippen LogP contribution in [-0.2, 0) is 15.1 Å². The summed E-state index contributed by atoms with van der Waals surface area (Å²) in [6, 6.07) is -0.250. The molecular formula is C20H19ClF8N4O2S. The van der Waals surface area contributed by atoms with Crippen molar-refractivity contribution in [2.75, 3.05) is 4.90 Å². The predicted molar refractivity (Wildman–Crippen MR) is 116 cm³/mol. The second-order valence-corrected chi connectivity index (χ2v) is 11.2. The smallest absolute Gasteiger partial charge is 0.310 e. The first-order valence-electron chi connectivity index (χ1n) is 10.2. The van der Waals surface area contributed by atoms with Gasteiger partial charge in [-0.1, -0.05) is 31.0 Å². The molecule has 2 amide bonds. The molecule has 6 nitrogen and oxygen atoms in total. The van der Waals surface area contributed by atoms with Crippen molar-refractivity contribution in [2.24, 2.45) is 0 Å². The molecule has 1 aromatic heterocycles. The Hall–Kier alpha value is -2.68. The number of rotatable bonds is 7. The second kappa shape index (κ2) is 8.43. The average molecular weight is 567 g/mol. The van der Waals surface area contributed by atoms with Crippen LogP contribution >= 0.6 is 21.8 Å². The van der Waals surface area contributed by atoms with Crippen LogP contribution in [0.5, 0.6) is 0 Å². The minimum absolute atomic E-state index is 0.0318. The van der Waals surface area contributed by atoms with Crippen molar-refractivity contribution < 1.29 is 42.2 Å². The Bertz CT molecular complexity index is 1150. The minimum Gasteiger partial charge on any atom is -0.351 e. The molecule has 3 rings (SSSR count).